The van der Waals surface area contributed by atoms with Gasteiger partial charge in [0.2, 0.25) is 5.91 Å². The van der Waals surface area contributed by atoms with E-state index in [0.29, 0.717) is 30.8 Å². The van der Waals surface area contributed by atoms with Gasteiger partial charge in [0.1, 0.15) is 5.82 Å². The van der Waals surface area contributed by atoms with Crippen molar-refractivity contribution in [3.63, 3.8) is 0 Å². The van der Waals surface area contributed by atoms with Crippen molar-refractivity contribution in [1.82, 2.24) is 14.7 Å². The predicted octanol–water partition coefficient (Wildman–Crippen LogP) is 5.36. The summed E-state index contributed by atoms with van der Waals surface area (Å²) >= 11 is 3.32. The van der Waals surface area contributed by atoms with Crippen LogP contribution in [0.3, 0.4) is 0 Å². The van der Waals surface area contributed by atoms with E-state index in [1.165, 1.54) is 10.7 Å². The van der Waals surface area contributed by atoms with Crippen molar-refractivity contribution in [1.29, 1.82) is 0 Å². The minimum atomic E-state index is -0.556. The number of amides is 2. The maximum atomic E-state index is 14.3. The molecule has 1 N–H and O–H groups in total. The number of nitrogens with zero attached hydrogens (tertiary/aromatic N) is 3. The molecule has 6 nitrogen and oxygen atoms in total. The zero-order valence-electron chi connectivity index (χ0n) is 19.7. The third kappa shape index (κ3) is 5.78. The summed E-state index contributed by atoms with van der Waals surface area (Å²) in [5, 5.41) is 6.86. The van der Waals surface area contributed by atoms with Gasteiger partial charge in [0.15, 0.2) is 11.5 Å². The summed E-state index contributed by atoms with van der Waals surface area (Å²) in [7, 11) is 1.58. The lowest BCUT2D eigenvalue weighted by Crippen LogP contribution is -2.39. The molecule has 3 aromatic rings. The number of halogens is 3. The lowest BCUT2D eigenvalue weighted by atomic mass is 9.89. The molecule has 0 saturated carbocycles. The first kappa shape index (κ1) is 25.0. The first-order valence-electron chi connectivity index (χ1n) is 11.5. The maximum absolute atomic E-state index is 14.3. The number of carbonyl (C=O) groups is 2. The topological polar surface area (TPSA) is 67.2 Å². The predicted molar refractivity (Wildman–Crippen MR) is 133 cm³/mol. The molecule has 9 heteroatoms. The van der Waals surface area contributed by atoms with Crippen LogP contribution in [0.4, 0.5) is 14.5 Å². The highest BCUT2D eigenvalue weighted by Crippen LogP contribution is 2.30. The van der Waals surface area contributed by atoms with Crippen LogP contribution in [0.15, 0.2) is 46.9 Å². The lowest BCUT2D eigenvalue weighted by Gasteiger charge is -2.32. The molecular weight excluding hydrogens is 518 g/mol. The summed E-state index contributed by atoms with van der Waals surface area (Å²) in [6, 6.07) is 12.4. The van der Waals surface area contributed by atoms with Crippen molar-refractivity contribution < 1.29 is 18.4 Å². The number of piperidine rings is 1. The van der Waals surface area contributed by atoms with Crippen molar-refractivity contribution >= 4 is 33.4 Å². The van der Waals surface area contributed by atoms with E-state index < -0.39 is 5.82 Å². The number of aromatic nitrogens is 2. The molecule has 0 spiro atoms. The minimum absolute atomic E-state index is 0.00341. The number of rotatable bonds is 6. The van der Waals surface area contributed by atoms with Gasteiger partial charge in [0, 0.05) is 36.7 Å². The number of carbonyl (C=O) groups excluding carboxylic acids is 2. The average Bonchev–Trinajstić information content (AvgIpc) is 3.10. The lowest BCUT2D eigenvalue weighted by molar-refractivity contribution is -0.116. The number of nitrogens with one attached hydrogen (secondary N) is 1. The third-order valence-corrected chi connectivity index (χ3v) is 6.92. The molecule has 1 aromatic heterocycles. The first-order chi connectivity index (χ1) is 16.7. The van der Waals surface area contributed by atoms with Gasteiger partial charge in [-0.05, 0) is 73.6 Å². The Bertz CT molecular complexity index is 1230. The van der Waals surface area contributed by atoms with E-state index in [2.05, 4.69) is 26.3 Å². The summed E-state index contributed by atoms with van der Waals surface area (Å²) in [6.45, 7) is 2.63. The molecule has 184 valence electrons. The largest absolute Gasteiger partial charge is 0.337 e. The normalized spacial score (nSPS) is 14.3. The average molecular weight is 545 g/mol. The van der Waals surface area contributed by atoms with Crippen LogP contribution in [0.25, 0.3) is 0 Å². The number of hydrogen-bond acceptors (Lipinski definition) is 3. The van der Waals surface area contributed by atoms with E-state index >= 15 is 0 Å². The van der Waals surface area contributed by atoms with E-state index in [0.717, 1.165) is 22.9 Å². The fourth-order valence-electron chi connectivity index (χ4n) is 4.48. The second kappa shape index (κ2) is 10.7. The highest BCUT2D eigenvalue weighted by atomic mass is 79.9. The third-order valence-electron chi connectivity index (χ3n) is 6.43. The van der Waals surface area contributed by atoms with Crippen molar-refractivity contribution in [3.05, 3.63) is 81.1 Å². The van der Waals surface area contributed by atoms with Crippen LogP contribution in [-0.2, 0) is 18.3 Å². The monoisotopic (exact) mass is 544 g/mol. The summed E-state index contributed by atoms with van der Waals surface area (Å²) in [4.78, 5) is 26.8. The fraction of sp³-hybridized carbons (Fsp3) is 0.346. The molecule has 0 unspecified atom stereocenters. The molecule has 1 saturated heterocycles. The molecule has 0 aliphatic carbocycles. The van der Waals surface area contributed by atoms with Gasteiger partial charge in [-0.2, -0.15) is 5.10 Å². The van der Waals surface area contributed by atoms with Crippen LogP contribution in [0.1, 0.15) is 52.5 Å². The number of hydrogen-bond donors (Lipinski definition) is 1. The van der Waals surface area contributed by atoms with E-state index in [1.54, 1.807) is 31.0 Å². The van der Waals surface area contributed by atoms with Crippen molar-refractivity contribution in [2.75, 3.05) is 18.4 Å². The molecule has 0 atom stereocenters. The number of benzene rings is 2. The first-order valence-corrected chi connectivity index (χ1v) is 12.3. The number of aryl methyl sites for hydroxylation is 3. The van der Waals surface area contributed by atoms with Gasteiger partial charge >= 0.3 is 0 Å². The molecule has 4 rings (SSSR count). The van der Waals surface area contributed by atoms with Gasteiger partial charge in [-0.3, -0.25) is 14.3 Å². The van der Waals surface area contributed by atoms with Gasteiger partial charge in [-0.15, -0.1) is 0 Å². The summed E-state index contributed by atoms with van der Waals surface area (Å²) < 4.78 is 30.2. The van der Waals surface area contributed by atoms with Crippen LogP contribution in [0.2, 0.25) is 0 Å². The van der Waals surface area contributed by atoms with E-state index in [9.17, 15) is 18.4 Å². The van der Waals surface area contributed by atoms with Crippen molar-refractivity contribution in [2.24, 2.45) is 7.05 Å². The molecule has 2 aromatic carbocycles. The molecule has 0 radical (unpaired) electrons. The molecule has 0 bridgehead atoms. The summed E-state index contributed by atoms with van der Waals surface area (Å²) in [5.74, 6) is -1.11. The smallest absolute Gasteiger partial charge is 0.275 e. The second-order valence-electron chi connectivity index (χ2n) is 8.84. The zero-order valence-corrected chi connectivity index (χ0v) is 21.2. The highest BCUT2D eigenvalue weighted by Gasteiger charge is 2.29. The highest BCUT2D eigenvalue weighted by molar-refractivity contribution is 9.10. The molecular formula is C26H27BrF2N4O2. The van der Waals surface area contributed by atoms with Gasteiger partial charge in [-0.25, -0.2) is 8.78 Å². The quantitative estimate of drug-likeness (QED) is 0.454. The van der Waals surface area contributed by atoms with Gasteiger partial charge in [0.25, 0.3) is 5.91 Å². The Morgan fingerprint density at radius 3 is 2.43 bits per heavy atom. The Hall–Kier alpha value is -3.07. The maximum Gasteiger partial charge on any atom is 0.275 e. The van der Waals surface area contributed by atoms with Gasteiger partial charge in [0.05, 0.1) is 5.69 Å². The Labute approximate surface area is 211 Å². The van der Waals surface area contributed by atoms with Crippen LogP contribution in [0, 0.1) is 18.6 Å². The van der Waals surface area contributed by atoms with Gasteiger partial charge < -0.3 is 10.2 Å². The summed E-state index contributed by atoms with van der Waals surface area (Å²) in [6.07, 6.45) is 2.04. The van der Waals surface area contributed by atoms with Crippen LogP contribution < -0.4 is 5.32 Å². The molecule has 1 fully saturated rings. The fourth-order valence-corrected chi connectivity index (χ4v) is 4.88. The number of likely N-dealkylation sites (tertiary alicyclic amines) is 1. The Morgan fingerprint density at radius 2 is 1.80 bits per heavy atom. The Balaban J connectivity index is 1.29. The molecule has 35 heavy (non-hydrogen) atoms. The Morgan fingerprint density at radius 1 is 1.11 bits per heavy atom. The van der Waals surface area contributed by atoms with E-state index in [4.69, 9.17) is 0 Å². The second-order valence-corrected chi connectivity index (χ2v) is 9.76. The standard InChI is InChI=1S/C26H27BrF2N4O2/c1-16-24(29)25(32(2)31-16)26(35)33-13-11-18(12-14-33)17-3-7-21(8-4-17)30-23(34)10-5-19-15-20(27)6-9-22(19)28/h3-4,6-9,15,18H,5,10-14H2,1-2H3,(H,30,34). The zero-order chi connectivity index (χ0) is 25.1. The van der Waals surface area contributed by atoms with Crippen LogP contribution >= 0.6 is 15.9 Å². The van der Waals surface area contributed by atoms with E-state index in [1.807, 2.05) is 24.3 Å². The molecule has 2 amide bonds. The summed E-state index contributed by atoms with van der Waals surface area (Å²) in [5.41, 5.74) is 2.54. The molecule has 1 aliphatic heterocycles. The SMILES string of the molecule is Cc1nn(C)c(C(=O)N2CCC(c3ccc(NC(=O)CCc4cc(Br)ccc4F)cc3)CC2)c1F. The minimum Gasteiger partial charge on any atom is -0.337 e. The molecule has 2 heterocycles. The Kier molecular flexibility index (Phi) is 7.64. The van der Waals surface area contributed by atoms with Gasteiger partial charge in [-0.1, -0.05) is 28.1 Å². The van der Waals surface area contributed by atoms with Crippen LogP contribution in [-0.4, -0.2) is 39.6 Å². The van der Waals surface area contributed by atoms with Crippen molar-refractivity contribution in [3.8, 4) is 0 Å². The van der Waals surface area contributed by atoms with Crippen LogP contribution in [0.5, 0.6) is 0 Å². The van der Waals surface area contributed by atoms with E-state index in [-0.39, 0.29) is 41.4 Å². The van der Waals surface area contributed by atoms with Crippen molar-refractivity contribution in [2.45, 2.75) is 38.5 Å². The molecule has 1 aliphatic rings. The number of anilines is 1.